The number of hydrogen-bond donors (Lipinski definition) is 2. The zero-order chi connectivity index (χ0) is 17.2. The van der Waals surface area contributed by atoms with Crippen LogP contribution < -0.4 is 5.32 Å². The van der Waals surface area contributed by atoms with E-state index in [4.69, 9.17) is 0 Å². The Balaban J connectivity index is 1.43. The predicted molar refractivity (Wildman–Crippen MR) is 99.2 cm³/mol. The quantitative estimate of drug-likeness (QED) is 0.720. The average molecular weight is 354 g/mol. The van der Waals surface area contributed by atoms with Crippen LogP contribution in [0.4, 0.5) is 4.39 Å². The van der Waals surface area contributed by atoms with E-state index in [1.165, 1.54) is 17.8 Å². The molecule has 2 N–H and O–H groups in total. The van der Waals surface area contributed by atoms with Crippen LogP contribution >= 0.6 is 11.8 Å². The summed E-state index contributed by atoms with van der Waals surface area (Å²) in [5.41, 5.74) is 3.14. The molecule has 1 atom stereocenters. The molecule has 0 bridgehead atoms. The molecule has 1 aromatic heterocycles. The van der Waals surface area contributed by atoms with Crippen LogP contribution in [-0.2, 0) is 11.2 Å². The fourth-order valence-corrected chi connectivity index (χ4v) is 4.53. The lowest BCUT2D eigenvalue weighted by Crippen LogP contribution is -2.31. The van der Waals surface area contributed by atoms with Crippen molar-refractivity contribution in [2.45, 2.75) is 30.2 Å². The molecule has 1 aliphatic heterocycles. The minimum Gasteiger partial charge on any atom is -0.361 e. The van der Waals surface area contributed by atoms with E-state index in [0.717, 1.165) is 34.2 Å². The van der Waals surface area contributed by atoms with Crippen LogP contribution in [0.25, 0.3) is 10.9 Å². The van der Waals surface area contributed by atoms with Gasteiger partial charge in [0.15, 0.2) is 0 Å². The molecule has 0 saturated heterocycles. The third kappa shape index (κ3) is 3.29. The van der Waals surface area contributed by atoms with Gasteiger partial charge < -0.3 is 10.3 Å². The number of carbonyl (C=O) groups excluding carboxylic acids is 1. The number of thioether (sulfide) groups is 1. The topological polar surface area (TPSA) is 44.9 Å². The van der Waals surface area contributed by atoms with E-state index < -0.39 is 0 Å². The molecule has 0 aliphatic carbocycles. The number of fused-ring (bicyclic) bond motifs is 2. The Morgan fingerprint density at radius 2 is 2.12 bits per heavy atom. The first-order valence-electron chi connectivity index (χ1n) is 8.48. The monoisotopic (exact) mass is 354 g/mol. The molecular weight excluding hydrogens is 335 g/mol. The summed E-state index contributed by atoms with van der Waals surface area (Å²) in [7, 11) is 0. The van der Waals surface area contributed by atoms with Crippen molar-refractivity contribution in [1.82, 2.24) is 10.3 Å². The highest BCUT2D eigenvalue weighted by Crippen LogP contribution is 2.37. The van der Waals surface area contributed by atoms with Gasteiger partial charge in [0.1, 0.15) is 5.82 Å². The van der Waals surface area contributed by atoms with E-state index in [1.807, 2.05) is 30.5 Å². The lowest BCUT2D eigenvalue weighted by atomic mass is 10.0. The number of aromatic amines is 1. The number of halogens is 1. The first kappa shape index (κ1) is 16.2. The number of carbonyl (C=O) groups is 1. The number of aromatic nitrogens is 1. The van der Waals surface area contributed by atoms with Crippen molar-refractivity contribution in [2.24, 2.45) is 0 Å². The first-order valence-corrected chi connectivity index (χ1v) is 9.46. The third-order valence-electron chi connectivity index (χ3n) is 4.66. The molecule has 0 saturated carbocycles. The molecule has 0 radical (unpaired) electrons. The van der Waals surface area contributed by atoms with Crippen LogP contribution in [0, 0.1) is 5.82 Å². The van der Waals surface area contributed by atoms with Crippen molar-refractivity contribution in [3.63, 3.8) is 0 Å². The number of H-pyrrole nitrogens is 1. The molecule has 3 aromatic rings. The highest BCUT2D eigenvalue weighted by molar-refractivity contribution is 7.99. The van der Waals surface area contributed by atoms with Crippen LogP contribution in [0.1, 0.15) is 30.0 Å². The third-order valence-corrected chi connectivity index (χ3v) is 5.82. The molecule has 4 rings (SSSR count). The van der Waals surface area contributed by atoms with E-state index in [9.17, 15) is 9.18 Å². The largest absolute Gasteiger partial charge is 0.361 e. The van der Waals surface area contributed by atoms with Gasteiger partial charge in [0.2, 0.25) is 5.91 Å². The normalized spacial score (nSPS) is 16.6. The van der Waals surface area contributed by atoms with Gasteiger partial charge in [-0.1, -0.05) is 30.3 Å². The SMILES string of the molecule is O=C(CCc1c[nH]c2ccccc12)N[C@H]1CCSc2c(F)cccc21. The second kappa shape index (κ2) is 6.92. The lowest BCUT2D eigenvalue weighted by molar-refractivity contribution is -0.121. The van der Waals surface area contributed by atoms with Crippen LogP contribution in [0.2, 0.25) is 0 Å². The van der Waals surface area contributed by atoms with Crippen molar-refractivity contribution in [1.29, 1.82) is 0 Å². The van der Waals surface area contributed by atoms with Crippen LogP contribution in [0.3, 0.4) is 0 Å². The standard InChI is InChI=1S/C20H19FN2OS/c21-16-6-3-5-15-18(10-11-25-20(15)16)23-19(24)9-8-13-12-22-17-7-2-1-4-14(13)17/h1-7,12,18,22H,8-11H2,(H,23,24)/t18-/m0/s1. The average Bonchev–Trinajstić information content (AvgIpc) is 3.04. The number of benzene rings is 2. The van der Waals surface area contributed by atoms with Gasteiger partial charge in [0.05, 0.1) is 6.04 Å². The zero-order valence-electron chi connectivity index (χ0n) is 13.7. The highest BCUT2D eigenvalue weighted by Gasteiger charge is 2.24. The minimum atomic E-state index is -0.194. The second-order valence-corrected chi connectivity index (χ2v) is 7.38. The number of aryl methyl sites for hydroxylation is 1. The van der Waals surface area contributed by atoms with Crippen molar-refractivity contribution in [3.05, 3.63) is 65.6 Å². The molecular formula is C20H19FN2OS. The van der Waals surface area contributed by atoms with E-state index in [2.05, 4.69) is 16.4 Å². The van der Waals surface area contributed by atoms with Crippen LogP contribution in [-0.4, -0.2) is 16.6 Å². The number of hydrogen-bond acceptors (Lipinski definition) is 2. The molecule has 1 aliphatic rings. The van der Waals surface area contributed by atoms with E-state index in [-0.39, 0.29) is 17.8 Å². The molecule has 2 heterocycles. The second-order valence-electron chi connectivity index (χ2n) is 6.27. The summed E-state index contributed by atoms with van der Waals surface area (Å²) in [5.74, 6) is 0.638. The van der Waals surface area contributed by atoms with Crippen molar-refractivity contribution >= 4 is 28.6 Å². The van der Waals surface area contributed by atoms with Gasteiger partial charge in [-0.3, -0.25) is 4.79 Å². The molecule has 2 aromatic carbocycles. The fourth-order valence-electron chi connectivity index (χ4n) is 3.39. The Hall–Kier alpha value is -2.27. The summed E-state index contributed by atoms with van der Waals surface area (Å²) in [4.78, 5) is 16.3. The van der Waals surface area contributed by atoms with Gasteiger partial charge in [-0.05, 0) is 36.1 Å². The molecule has 0 spiro atoms. The molecule has 0 unspecified atom stereocenters. The lowest BCUT2D eigenvalue weighted by Gasteiger charge is -2.26. The Labute approximate surface area is 150 Å². The van der Waals surface area contributed by atoms with Crippen molar-refractivity contribution in [2.75, 3.05) is 5.75 Å². The number of nitrogens with one attached hydrogen (secondary N) is 2. The van der Waals surface area contributed by atoms with Gasteiger partial charge in [-0.2, -0.15) is 0 Å². The molecule has 5 heteroatoms. The number of amides is 1. The van der Waals surface area contributed by atoms with Crippen molar-refractivity contribution in [3.8, 4) is 0 Å². The Kier molecular flexibility index (Phi) is 4.49. The Bertz CT molecular complexity index is 921. The molecule has 25 heavy (non-hydrogen) atoms. The fraction of sp³-hybridized carbons (Fsp3) is 0.250. The van der Waals surface area contributed by atoms with Gasteiger partial charge >= 0.3 is 0 Å². The summed E-state index contributed by atoms with van der Waals surface area (Å²) in [6.07, 6.45) is 3.92. The van der Waals surface area contributed by atoms with Crippen LogP contribution in [0.5, 0.6) is 0 Å². The van der Waals surface area contributed by atoms with E-state index >= 15 is 0 Å². The number of rotatable bonds is 4. The van der Waals surface area contributed by atoms with E-state index in [0.29, 0.717) is 17.7 Å². The van der Waals surface area contributed by atoms with Gasteiger partial charge in [0.25, 0.3) is 0 Å². The smallest absolute Gasteiger partial charge is 0.220 e. The maximum absolute atomic E-state index is 13.9. The van der Waals surface area contributed by atoms with Gasteiger partial charge in [-0.25, -0.2) is 4.39 Å². The highest BCUT2D eigenvalue weighted by atomic mass is 32.2. The maximum atomic E-state index is 13.9. The van der Waals surface area contributed by atoms with Crippen molar-refractivity contribution < 1.29 is 9.18 Å². The first-order chi connectivity index (χ1) is 12.2. The Morgan fingerprint density at radius 3 is 3.04 bits per heavy atom. The molecule has 3 nitrogen and oxygen atoms in total. The summed E-state index contributed by atoms with van der Waals surface area (Å²) >= 11 is 1.53. The molecule has 128 valence electrons. The summed E-state index contributed by atoms with van der Waals surface area (Å²) < 4.78 is 13.9. The maximum Gasteiger partial charge on any atom is 0.220 e. The Morgan fingerprint density at radius 1 is 1.24 bits per heavy atom. The summed E-state index contributed by atoms with van der Waals surface area (Å²) in [5, 5.41) is 4.25. The summed E-state index contributed by atoms with van der Waals surface area (Å²) in [6, 6.07) is 13.1. The molecule has 1 amide bonds. The zero-order valence-corrected chi connectivity index (χ0v) is 14.5. The molecule has 0 fully saturated rings. The minimum absolute atomic E-state index is 0.0115. The van der Waals surface area contributed by atoms with E-state index in [1.54, 1.807) is 6.07 Å². The number of para-hydroxylation sites is 1. The van der Waals surface area contributed by atoms with Gasteiger partial charge in [-0.15, -0.1) is 11.8 Å². The van der Waals surface area contributed by atoms with Crippen LogP contribution in [0.15, 0.2) is 53.6 Å². The van der Waals surface area contributed by atoms with Gasteiger partial charge in [0, 0.05) is 34.2 Å². The predicted octanol–water partition coefficient (Wildman–Crippen LogP) is 4.59. The summed E-state index contributed by atoms with van der Waals surface area (Å²) in [6.45, 7) is 0.